The summed E-state index contributed by atoms with van der Waals surface area (Å²) in [6.07, 6.45) is -4.63. The summed E-state index contributed by atoms with van der Waals surface area (Å²) in [6, 6.07) is 16.1. The molecule has 1 amide bonds. The topological polar surface area (TPSA) is 75.3 Å². The average Bonchev–Trinajstić information content (AvgIpc) is 2.72. The Kier molecular flexibility index (Phi) is 6.66. The Morgan fingerprint density at radius 1 is 0.968 bits per heavy atom. The van der Waals surface area contributed by atoms with Crippen molar-refractivity contribution >= 4 is 26.7 Å². The lowest BCUT2D eigenvalue weighted by atomic mass is 10.0. The Morgan fingerprint density at radius 3 is 2.39 bits per heavy atom. The van der Waals surface area contributed by atoms with Gasteiger partial charge in [-0.05, 0) is 47.5 Å². The van der Waals surface area contributed by atoms with E-state index in [1.165, 1.54) is 18.2 Å². The summed E-state index contributed by atoms with van der Waals surface area (Å²) in [7, 11) is -3.81. The Bertz CT molecular complexity index is 1190. The lowest BCUT2D eigenvalue weighted by Gasteiger charge is -2.16. The highest BCUT2D eigenvalue weighted by Gasteiger charge is 2.30. The molecule has 0 fully saturated rings. The zero-order valence-corrected chi connectivity index (χ0v) is 17.4. The number of rotatable bonds is 7. The molecule has 3 rings (SSSR count). The van der Waals surface area contributed by atoms with E-state index in [2.05, 4.69) is 10.0 Å². The molecule has 0 saturated heterocycles. The smallest absolute Gasteiger partial charge is 0.350 e. The van der Waals surface area contributed by atoms with Crippen molar-refractivity contribution in [1.82, 2.24) is 10.0 Å². The van der Waals surface area contributed by atoms with E-state index in [0.717, 1.165) is 22.9 Å². The third kappa shape index (κ3) is 5.83. The lowest BCUT2D eigenvalue weighted by Crippen LogP contribution is -2.32. The second kappa shape index (κ2) is 9.07. The minimum Gasteiger partial charge on any atom is -0.350 e. The monoisotopic (exact) mass is 450 g/mol. The minimum absolute atomic E-state index is 0.0870. The van der Waals surface area contributed by atoms with Gasteiger partial charge >= 0.3 is 6.18 Å². The highest BCUT2D eigenvalue weighted by molar-refractivity contribution is 7.89. The van der Waals surface area contributed by atoms with Gasteiger partial charge in [0.05, 0.1) is 16.5 Å². The molecule has 31 heavy (non-hydrogen) atoms. The fraction of sp³-hybridized carbons (Fsp3) is 0.227. The summed E-state index contributed by atoms with van der Waals surface area (Å²) in [4.78, 5) is 12.2. The summed E-state index contributed by atoms with van der Waals surface area (Å²) in [5.41, 5.74) is -0.492. The number of hydrogen-bond acceptors (Lipinski definition) is 3. The van der Waals surface area contributed by atoms with Crippen LogP contribution in [0.1, 0.15) is 30.5 Å². The van der Waals surface area contributed by atoms with E-state index >= 15 is 0 Å². The van der Waals surface area contributed by atoms with Crippen LogP contribution in [0.25, 0.3) is 10.8 Å². The highest BCUT2D eigenvalue weighted by Crippen LogP contribution is 2.30. The van der Waals surface area contributed by atoms with Crippen LogP contribution in [0.15, 0.2) is 71.6 Å². The zero-order chi connectivity index (χ0) is 22.6. The van der Waals surface area contributed by atoms with E-state index in [9.17, 15) is 26.4 Å². The molecule has 5 nitrogen and oxygen atoms in total. The molecule has 0 unspecified atom stereocenters. The van der Waals surface area contributed by atoms with E-state index < -0.39 is 33.7 Å². The van der Waals surface area contributed by atoms with Gasteiger partial charge in [-0.2, -0.15) is 13.2 Å². The van der Waals surface area contributed by atoms with Crippen molar-refractivity contribution in [2.24, 2.45) is 0 Å². The summed E-state index contributed by atoms with van der Waals surface area (Å²) < 4.78 is 65.9. The maximum atomic E-state index is 12.8. The van der Waals surface area contributed by atoms with Gasteiger partial charge in [0.1, 0.15) is 0 Å². The van der Waals surface area contributed by atoms with Gasteiger partial charge in [-0.25, -0.2) is 13.1 Å². The summed E-state index contributed by atoms with van der Waals surface area (Å²) in [5, 5.41) is 4.27. The number of carbonyl (C=O) groups excluding carboxylic acids is 1. The summed E-state index contributed by atoms with van der Waals surface area (Å²) >= 11 is 0. The predicted octanol–water partition coefficient (Wildman–Crippen LogP) is 4.40. The second-order valence-electron chi connectivity index (χ2n) is 7.07. The SMILES string of the molecule is C[C@H](NC(=O)CCNS(=O)(=O)c1ccc2ccccc2c1)c1cccc(C(F)(F)F)c1. The second-order valence-corrected chi connectivity index (χ2v) is 8.84. The molecule has 0 bridgehead atoms. The molecule has 3 aromatic rings. The van der Waals surface area contributed by atoms with Crippen molar-refractivity contribution in [3.05, 3.63) is 77.9 Å². The molecule has 0 aromatic heterocycles. The van der Waals surface area contributed by atoms with E-state index in [0.29, 0.717) is 5.56 Å². The normalized spacial score (nSPS) is 13.2. The minimum atomic E-state index is -4.47. The Balaban J connectivity index is 1.56. The van der Waals surface area contributed by atoms with Crippen LogP contribution >= 0.6 is 0 Å². The van der Waals surface area contributed by atoms with Crippen LogP contribution in [0.2, 0.25) is 0 Å². The van der Waals surface area contributed by atoms with Crippen molar-refractivity contribution < 1.29 is 26.4 Å². The molecule has 2 N–H and O–H groups in total. The van der Waals surface area contributed by atoms with Crippen molar-refractivity contribution in [3.8, 4) is 0 Å². The molecule has 0 aliphatic rings. The van der Waals surface area contributed by atoms with Crippen molar-refractivity contribution in [2.75, 3.05) is 6.54 Å². The standard InChI is InChI=1S/C22H21F3N2O3S/c1-15(17-7-4-8-19(13-17)22(23,24)25)27-21(28)11-12-26-31(29,30)20-10-9-16-5-2-3-6-18(16)14-20/h2-10,13-15,26H,11-12H2,1H3,(H,27,28)/t15-/m0/s1. The molecule has 9 heteroatoms. The van der Waals surface area contributed by atoms with Gasteiger partial charge in [0, 0.05) is 13.0 Å². The summed E-state index contributed by atoms with van der Waals surface area (Å²) in [5.74, 6) is -0.480. The third-order valence-corrected chi connectivity index (χ3v) is 6.23. The fourth-order valence-corrected chi connectivity index (χ4v) is 4.16. The number of carbonyl (C=O) groups is 1. The molecular formula is C22H21F3N2O3S. The van der Waals surface area contributed by atoms with E-state index in [1.54, 1.807) is 25.1 Å². The first-order chi connectivity index (χ1) is 14.6. The lowest BCUT2D eigenvalue weighted by molar-refractivity contribution is -0.137. The maximum Gasteiger partial charge on any atom is 0.416 e. The third-order valence-electron chi connectivity index (χ3n) is 4.77. The number of fused-ring (bicyclic) bond motifs is 1. The number of nitrogens with one attached hydrogen (secondary N) is 2. The fourth-order valence-electron chi connectivity index (χ4n) is 3.10. The number of sulfonamides is 1. The van der Waals surface area contributed by atoms with Crippen molar-refractivity contribution in [2.45, 2.75) is 30.5 Å². The largest absolute Gasteiger partial charge is 0.416 e. The van der Waals surface area contributed by atoms with Crippen LogP contribution in [-0.4, -0.2) is 20.9 Å². The van der Waals surface area contributed by atoms with Crippen LogP contribution < -0.4 is 10.0 Å². The van der Waals surface area contributed by atoms with Gasteiger partial charge < -0.3 is 5.32 Å². The van der Waals surface area contributed by atoms with Crippen LogP contribution in [0.5, 0.6) is 0 Å². The highest BCUT2D eigenvalue weighted by atomic mass is 32.2. The van der Waals surface area contributed by atoms with Gasteiger partial charge in [-0.1, -0.05) is 42.5 Å². The quantitative estimate of drug-likeness (QED) is 0.560. The zero-order valence-electron chi connectivity index (χ0n) is 16.6. The predicted molar refractivity (Wildman–Crippen MR) is 112 cm³/mol. The molecule has 0 aliphatic heterocycles. The Morgan fingerprint density at radius 2 is 1.68 bits per heavy atom. The first-order valence-electron chi connectivity index (χ1n) is 9.51. The van der Waals surface area contributed by atoms with Crippen molar-refractivity contribution in [3.63, 3.8) is 0 Å². The number of alkyl halides is 3. The van der Waals surface area contributed by atoms with Crippen LogP contribution in [0.4, 0.5) is 13.2 Å². The molecule has 0 aliphatic carbocycles. The first-order valence-corrected chi connectivity index (χ1v) is 11.0. The van der Waals surface area contributed by atoms with Gasteiger partial charge in [-0.3, -0.25) is 4.79 Å². The maximum absolute atomic E-state index is 12.8. The molecule has 164 valence electrons. The Labute approximate surface area is 178 Å². The molecule has 1 atom stereocenters. The average molecular weight is 450 g/mol. The van der Waals surface area contributed by atoms with E-state index in [4.69, 9.17) is 0 Å². The molecule has 3 aromatic carbocycles. The van der Waals surface area contributed by atoms with Gasteiger partial charge in [0.25, 0.3) is 0 Å². The molecule has 0 radical (unpaired) electrons. The van der Waals surface area contributed by atoms with Crippen molar-refractivity contribution in [1.29, 1.82) is 0 Å². The van der Waals surface area contributed by atoms with Crippen LogP contribution in [-0.2, 0) is 21.0 Å². The number of amides is 1. The van der Waals surface area contributed by atoms with Crippen LogP contribution in [0.3, 0.4) is 0 Å². The van der Waals surface area contributed by atoms with Gasteiger partial charge in [-0.15, -0.1) is 0 Å². The molecule has 0 saturated carbocycles. The van der Waals surface area contributed by atoms with Gasteiger partial charge in [0.15, 0.2) is 0 Å². The number of halogens is 3. The van der Waals surface area contributed by atoms with Gasteiger partial charge in [0.2, 0.25) is 15.9 Å². The summed E-state index contributed by atoms with van der Waals surface area (Å²) in [6.45, 7) is 1.42. The molecular weight excluding hydrogens is 429 g/mol. The number of hydrogen-bond donors (Lipinski definition) is 2. The van der Waals surface area contributed by atoms with E-state index in [1.807, 2.05) is 18.2 Å². The Hall–Kier alpha value is -2.91. The number of benzene rings is 3. The molecule has 0 heterocycles. The first kappa shape index (κ1) is 22.8. The van der Waals surface area contributed by atoms with E-state index in [-0.39, 0.29) is 17.9 Å². The van der Waals surface area contributed by atoms with Crippen LogP contribution in [0, 0.1) is 0 Å². The molecule has 0 spiro atoms.